The second kappa shape index (κ2) is 8.51. The molecule has 0 unspecified atom stereocenters. The monoisotopic (exact) mass is 480 g/mol. The lowest BCUT2D eigenvalue weighted by atomic mass is 10.0. The summed E-state index contributed by atoms with van der Waals surface area (Å²) in [6.45, 7) is 0. The van der Waals surface area contributed by atoms with Gasteiger partial charge in [0, 0.05) is 16.7 Å². The van der Waals surface area contributed by atoms with Crippen LogP contribution in [0.4, 0.5) is 35.1 Å². The molecule has 10 heteroatoms. The van der Waals surface area contributed by atoms with E-state index in [-0.39, 0.29) is 33.9 Å². The van der Waals surface area contributed by atoms with Gasteiger partial charge in [-0.15, -0.1) is 0 Å². The molecule has 2 nitrogen and oxygen atoms in total. The maximum atomic E-state index is 14.4. The molecule has 0 spiro atoms. The van der Waals surface area contributed by atoms with Crippen LogP contribution >= 0.6 is 0 Å². The first kappa shape index (κ1) is 23.3. The quantitative estimate of drug-likeness (QED) is 0.280. The fraction of sp³-hybridized carbons (Fsp3) is 0.0833. The highest BCUT2D eigenvalue weighted by Crippen LogP contribution is 2.34. The Labute approximate surface area is 187 Å². The Hall–Kier alpha value is -3.82. The van der Waals surface area contributed by atoms with Crippen molar-refractivity contribution in [3.63, 3.8) is 0 Å². The summed E-state index contributed by atoms with van der Waals surface area (Å²) in [6, 6.07) is 11.7. The lowest BCUT2D eigenvalue weighted by Gasteiger charge is -2.12. The van der Waals surface area contributed by atoms with Gasteiger partial charge in [-0.3, -0.25) is 0 Å². The summed E-state index contributed by atoms with van der Waals surface area (Å²) in [5.74, 6) is -1.70. The topological polar surface area (TPSA) is 25.8 Å². The minimum atomic E-state index is -4.57. The van der Waals surface area contributed by atoms with Crippen molar-refractivity contribution in [2.45, 2.75) is 12.4 Å². The fourth-order valence-electron chi connectivity index (χ4n) is 3.19. The predicted octanol–water partition coefficient (Wildman–Crippen LogP) is 7.79. The Balaban J connectivity index is 1.87. The maximum absolute atomic E-state index is 14.4. The van der Waals surface area contributed by atoms with E-state index in [1.165, 1.54) is 6.07 Å². The van der Waals surface area contributed by atoms with E-state index in [0.29, 0.717) is 0 Å². The molecule has 0 aliphatic rings. The number of hydrogen-bond acceptors (Lipinski definition) is 2. The summed E-state index contributed by atoms with van der Waals surface area (Å²) in [4.78, 5) is 8.42. The molecule has 0 N–H and O–H groups in total. The molecule has 0 fully saturated rings. The zero-order chi connectivity index (χ0) is 24.7. The van der Waals surface area contributed by atoms with Gasteiger partial charge in [0.2, 0.25) is 0 Å². The van der Waals surface area contributed by atoms with E-state index in [1.54, 1.807) is 0 Å². The van der Waals surface area contributed by atoms with Gasteiger partial charge in [-0.05, 0) is 48.5 Å². The SMILES string of the molecule is Fc1ccc(F)c(-c2cc(-c3ccc(C(F)(F)F)cc3)nc(-c3ccc(C(F)(F)F)cc3)n2)c1. The van der Waals surface area contributed by atoms with Crippen molar-refractivity contribution in [3.8, 4) is 33.9 Å². The minimum absolute atomic E-state index is 0.0669. The van der Waals surface area contributed by atoms with Gasteiger partial charge < -0.3 is 0 Å². The largest absolute Gasteiger partial charge is 0.416 e. The number of aromatic nitrogens is 2. The van der Waals surface area contributed by atoms with E-state index >= 15 is 0 Å². The molecule has 4 aromatic rings. The number of halogens is 8. The molecule has 0 bridgehead atoms. The molecule has 34 heavy (non-hydrogen) atoms. The molecule has 0 amide bonds. The zero-order valence-electron chi connectivity index (χ0n) is 16.8. The van der Waals surface area contributed by atoms with Crippen molar-refractivity contribution >= 4 is 0 Å². The van der Waals surface area contributed by atoms with Gasteiger partial charge in [-0.2, -0.15) is 26.3 Å². The van der Waals surface area contributed by atoms with E-state index in [1.807, 2.05) is 0 Å². The van der Waals surface area contributed by atoms with Crippen LogP contribution in [-0.4, -0.2) is 9.97 Å². The predicted molar refractivity (Wildman–Crippen MR) is 108 cm³/mol. The van der Waals surface area contributed by atoms with Crippen LogP contribution in [0.25, 0.3) is 33.9 Å². The highest BCUT2D eigenvalue weighted by atomic mass is 19.4. The molecule has 0 aliphatic carbocycles. The van der Waals surface area contributed by atoms with Crippen molar-refractivity contribution in [1.82, 2.24) is 9.97 Å². The Morgan fingerprint density at radius 1 is 0.529 bits per heavy atom. The van der Waals surface area contributed by atoms with Crippen LogP contribution in [-0.2, 0) is 12.4 Å². The average molecular weight is 480 g/mol. The minimum Gasteiger partial charge on any atom is -0.228 e. The maximum Gasteiger partial charge on any atom is 0.416 e. The van der Waals surface area contributed by atoms with Gasteiger partial charge in [-0.25, -0.2) is 18.7 Å². The lowest BCUT2D eigenvalue weighted by Crippen LogP contribution is -2.05. The van der Waals surface area contributed by atoms with Crippen LogP contribution < -0.4 is 0 Å². The molecular formula is C24H12F8N2. The second-order valence-electron chi connectivity index (χ2n) is 7.24. The number of hydrogen-bond donors (Lipinski definition) is 0. The van der Waals surface area contributed by atoms with Crippen molar-refractivity contribution in [2.24, 2.45) is 0 Å². The summed E-state index contributed by atoms with van der Waals surface area (Å²) < 4.78 is 106. The summed E-state index contributed by atoms with van der Waals surface area (Å²) in [5.41, 5.74) is -1.74. The fourth-order valence-corrected chi connectivity index (χ4v) is 3.19. The van der Waals surface area contributed by atoms with Gasteiger partial charge in [0.15, 0.2) is 5.82 Å². The molecule has 0 saturated carbocycles. The summed E-state index contributed by atoms with van der Waals surface area (Å²) >= 11 is 0. The Bertz CT molecular complexity index is 1250. The van der Waals surface area contributed by atoms with Gasteiger partial charge in [0.05, 0.1) is 22.5 Å². The molecule has 3 aromatic carbocycles. The summed E-state index contributed by atoms with van der Waals surface area (Å²) in [7, 11) is 0. The molecule has 4 rings (SSSR count). The lowest BCUT2D eigenvalue weighted by molar-refractivity contribution is -0.138. The first-order valence-corrected chi connectivity index (χ1v) is 9.61. The highest BCUT2D eigenvalue weighted by molar-refractivity contribution is 5.72. The molecule has 0 saturated heterocycles. The van der Waals surface area contributed by atoms with Crippen LogP contribution in [0.2, 0.25) is 0 Å². The van der Waals surface area contributed by atoms with E-state index in [0.717, 1.165) is 66.7 Å². The Kier molecular flexibility index (Phi) is 5.84. The van der Waals surface area contributed by atoms with E-state index in [9.17, 15) is 35.1 Å². The van der Waals surface area contributed by atoms with Crippen molar-refractivity contribution in [3.05, 3.63) is 95.6 Å². The molecule has 174 valence electrons. The Morgan fingerprint density at radius 2 is 1.03 bits per heavy atom. The van der Waals surface area contributed by atoms with Crippen LogP contribution in [0, 0.1) is 11.6 Å². The number of benzene rings is 3. The van der Waals surface area contributed by atoms with Crippen LogP contribution in [0.1, 0.15) is 11.1 Å². The van der Waals surface area contributed by atoms with E-state index in [4.69, 9.17) is 0 Å². The molecule has 1 heterocycles. The zero-order valence-corrected chi connectivity index (χ0v) is 16.8. The van der Waals surface area contributed by atoms with Gasteiger partial charge in [0.1, 0.15) is 11.6 Å². The van der Waals surface area contributed by atoms with Crippen LogP contribution in [0.3, 0.4) is 0 Å². The van der Waals surface area contributed by atoms with Crippen molar-refractivity contribution < 1.29 is 35.1 Å². The first-order chi connectivity index (χ1) is 15.9. The first-order valence-electron chi connectivity index (χ1n) is 9.61. The number of alkyl halides is 6. The number of nitrogens with zero attached hydrogens (tertiary/aromatic N) is 2. The molecule has 0 radical (unpaired) electrons. The third-order valence-corrected chi connectivity index (χ3v) is 4.91. The van der Waals surface area contributed by atoms with Gasteiger partial charge >= 0.3 is 12.4 Å². The van der Waals surface area contributed by atoms with E-state index in [2.05, 4.69) is 9.97 Å². The van der Waals surface area contributed by atoms with Gasteiger partial charge in [0.25, 0.3) is 0 Å². The van der Waals surface area contributed by atoms with Gasteiger partial charge in [-0.1, -0.05) is 24.3 Å². The normalized spacial score (nSPS) is 12.1. The van der Waals surface area contributed by atoms with E-state index < -0.39 is 35.1 Å². The Morgan fingerprint density at radius 3 is 1.56 bits per heavy atom. The van der Waals surface area contributed by atoms with Crippen molar-refractivity contribution in [2.75, 3.05) is 0 Å². The van der Waals surface area contributed by atoms with Crippen LogP contribution in [0.15, 0.2) is 72.8 Å². The van der Waals surface area contributed by atoms with Crippen LogP contribution in [0.5, 0.6) is 0 Å². The average Bonchev–Trinajstić information content (AvgIpc) is 2.79. The standard InChI is InChI=1S/C24H12F8N2/c25-17-9-10-19(26)18(11-17)21-12-20(13-1-5-15(6-2-13)23(27,28)29)33-22(34-21)14-3-7-16(8-4-14)24(30,31)32/h1-12H. The van der Waals surface area contributed by atoms with Crippen molar-refractivity contribution in [1.29, 1.82) is 0 Å². The second-order valence-corrected chi connectivity index (χ2v) is 7.24. The molecular weight excluding hydrogens is 468 g/mol. The highest BCUT2D eigenvalue weighted by Gasteiger charge is 2.31. The molecule has 0 aliphatic heterocycles. The third-order valence-electron chi connectivity index (χ3n) is 4.91. The molecule has 1 aromatic heterocycles. The smallest absolute Gasteiger partial charge is 0.228 e. The summed E-state index contributed by atoms with van der Waals surface area (Å²) in [5, 5.41) is 0. The summed E-state index contributed by atoms with van der Waals surface area (Å²) in [6.07, 6.45) is -9.14. The number of rotatable bonds is 3. The third kappa shape index (κ3) is 4.90. The molecule has 0 atom stereocenters.